The van der Waals surface area contributed by atoms with Crippen molar-refractivity contribution in [2.24, 2.45) is 5.73 Å². The van der Waals surface area contributed by atoms with Gasteiger partial charge in [0.2, 0.25) is 5.88 Å². The molecule has 1 aromatic carbocycles. The average Bonchev–Trinajstić information content (AvgIpc) is 2.77. The fourth-order valence-corrected chi connectivity index (χ4v) is 4.83. The maximum absolute atomic E-state index is 13.1. The number of aromatic nitrogens is 1. The Bertz CT molecular complexity index is 1240. The topological polar surface area (TPSA) is 122 Å². The van der Waals surface area contributed by atoms with Crippen molar-refractivity contribution in [1.29, 1.82) is 10.5 Å². The van der Waals surface area contributed by atoms with Gasteiger partial charge in [0.05, 0.1) is 29.4 Å². The molecule has 0 amide bonds. The number of ether oxygens (including phenoxy) is 2. The summed E-state index contributed by atoms with van der Waals surface area (Å²) in [5.41, 5.74) is 9.21. The summed E-state index contributed by atoms with van der Waals surface area (Å²) in [4.78, 5) is 17.5. The lowest BCUT2D eigenvalue weighted by molar-refractivity contribution is -0.139. The van der Waals surface area contributed by atoms with E-state index in [9.17, 15) is 15.3 Å². The average molecular weight is 525 g/mol. The Hall–Kier alpha value is -3.27. The van der Waals surface area contributed by atoms with Crippen LogP contribution in [-0.4, -0.2) is 23.3 Å². The van der Waals surface area contributed by atoms with Crippen LogP contribution in [-0.2, 0) is 14.3 Å². The Morgan fingerprint density at radius 3 is 2.58 bits per heavy atom. The van der Waals surface area contributed by atoms with E-state index in [1.165, 1.54) is 11.8 Å². The first kappa shape index (κ1) is 24.4. The number of esters is 1. The van der Waals surface area contributed by atoms with E-state index in [-0.39, 0.29) is 35.1 Å². The van der Waals surface area contributed by atoms with Gasteiger partial charge in [-0.1, -0.05) is 39.8 Å². The van der Waals surface area contributed by atoms with Gasteiger partial charge < -0.3 is 15.2 Å². The molecule has 1 aromatic heterocycles. The van der Waals surface area contributed by atoms with Gasteiger partial charge in [-0.3, -0.25) is 0 Å². The number of thioether (sulfide) groups is 1. The largest absolute Gasteiger partial charge is 0.463 e. The molecule has 1 aliphatic rings. The van der Waals surface area contributed by atoms with Gasteiger partial charge in [0.1, 0.15) is 28.5 Å². The lowest BCUT2D eigenvalue weighted by Crippen LogP contribution is -2.27. The number of nitriles is 2. The number of rotatable bonds is 6. The minimum atomic E-state index is -0.742. The number of aryl methyl sites for hydroxylation is 2. The molecule has 0 bridgehead atoms. The van der Waals surface area contributed by atoms with Gasteiger partial charge in [0.25, 0.3) is 0 Å². The van der Waals surface area contributed by atoms with E-state index >= 15 is 0 Å². The number of hydrogen-bond donors (Lipinski definition) is 1. The van der Waals surface area contributed by atoms with Crippen LogP contribution in [0.4, 0.5) is 0 Å². The molecule has 2 heterocycles. The lowest BCUT2D eigenvalue weighted by atomic mass is 9.83. The van der Waals surface area contributed by atoms with Crippen LogP contribution in [0.2, 0.25) is 0 Å². The van der Waals surface area contributed by atoms with Crippen LogP contribution in [0.25, 0.3) is 0 Å². The van der Waals surface area contributed by atoms with Crippen LogP contribution in [0, 0.1) is 36.5 Å². The smallest absolute Gasteiger partial charge is 0.338 e. The second-order valence-corrected chi connectivity index (χ2v) is 9.07. The zero-order valence-electron chi connectivity index (χ0n) is 18.3. The Morgan fingerprint density at radius 2 is 1.97 bits per heavy atom. The van der Waals surface area contributed by atoms with Crippen molar-refractivity contribution < 1.29 is 14.3 Å². The molecule has 0 aliphatic carbocycles. The molecule has 3 rings (SSSR count). The summed E-state index contributed by atoms with van der Waals surface area (Å²) in [6, 6.07) is 13.4. The summed E-state index contributed by atoms with van der Waals surface area (Å²) in [5, 5.41) is 19.9. The highest BCUT2D eigenvalue weighted by Gasteiger charge is 2.37. The predicted molar refractivity (Wildman–Crippen MR) is 128 cm³/mol. The highest BCUT2D eigenvalue weighted by Crippen LogP contribution is 2.41. The highest BCUT2D eigenvalue weighted by atomic mass is 79.9. The van der Waals surface area contributed by atoms with Crippen molar-refractivity contribution in [2.45, 2.75) is 31.7 Å². The molecular formula is C24H21BrN4O3S. The maximum Gasteiger partial charge on any atom is 0.338 e. The van der Waals surface area contributed by atoms with E-state index in [2.05, 4.69) is 33.1 Å². The number of nitrogens with zero attached hydrogens (tertiary/aromatic N) is 3. The Morgan fingerprint density at radius 1 is 1.27 bits per heavy atom. The van der Waals surface area contributed by atoms with Gasteiger partial charge in [-0.05, 0) is 50.1 Å². The zero-order valence-corrected chi connectivity index (χ0v) is 20.7. The third kappa shape index (κ3) is 5.22. The molecule has 7 nitrogen and oxygen atoms in total. The molecule has 2 N–H and O–H groups in total. The van der Waals surface area contributed by atoms with E-state index in [0.29, 0.717) is 16.2 Å². The zero-order chi connectivity index (χ0) is 24.1. The van der Waals surface area contributed by atoms with Crippen molar-refractivity contribution in [1.82, 2.24) is 4.98 Å². The third-order valence-electron chi connectivity index (χ3n) is 4.96. The molecule has 33 heavy (non-hydrogen) atoms. The van der Waals surface area contributed by atoms with Crippen LogP contribution >= 0.6 is 27.7 Å². The minimum Gasteiger partial charge on any atom is -0.463 e. The molecule has 0 radical (unpaired) electrons. The molecule has 1 aliphatic heterocycles. The Labute approximate surface area is 205 Å². The van der Waals surface area contributed by atoms with Crippen LogP contribution in [0.1, 0.15) is 35.2 Å². The first-order valence-electron chi connectivity index (χ1n) is 10.0. The highest BCUT2D eigenvalue weighted by molar-refractivity contribution is 9.10. The molecule has 0 saturated heterocycles. The summed E-state index contributed by atoms with van der Waals surface area (Å²) >= 11 is 4.67. The Balaban J connectivity index is 2.11. The summed E-state index contributed by atoms with van der Waals surface area (Å²) in [6.45, 7) is 5.57. The fourth-order valence-electron chi connectivity index (χ4n) is 3.52. The number of benzene rings is 1. The normalized spacial score (nSPS) is 15.5. The van der Waals surface area contributed by atoms with Gasteiger partial charge in [-0.2, -0.15) is 10.5 Å². The maximum atomic E-state index is 13.1. The van der Waals surface area contributed by atoms with Crippen molar-refractivity contribution in [3.8, 4) is 12.1 Å². The number of carbonyl (C=O) groups is 1. The molecule has 0 saturated carbocycles. The van der Waals surface area contributed by atoms with Crippen molar-refractivity contribution in [2.75, 3.05) is 12.4 Å². The number of hydrogen-bond acceptors (Lipinski definition) is 8. The van der Waals surface area contributed by atoms with Crippen LogP contribution in [0.3, 0.4) is 0 Å². The van der Waals surface area contributed by atoms with Gasteiger partial charge in [-0.15, -0.1) is 0 Å². The van der Waals surface area contributed by atoms with E-state index in [1.807, 2.05) is 44.2 Å². The summed E-state index contributed by atoms with van der Waals surface area (Å²) in [7, 11) is 0. The predicted octanol–water partition coefficient (Wildman–Crippen LogP) is 4.75. The molecule has 168 valence electrons. The second kappa shape index (κ2) is 10.6. The minimum absolute atomic E-state index is 0.0667. The quantitative estimate of drug-likeness (QED) is 0.424. The first-order chi connectivity index (χ1) is 15.8. The molecule has 0 spiro atoms. The summed E-state index contributed by atoms with van der Waals surface area (Å²) in [6.07, 6.45) is 0. The van der Waals surface area contributed by atoms with Crippen molar-refractivity contribution >= 4 is 33.7 Å². The SMILES string of the molecule is CCOC(=O)C1=C(CSc2nc(C)cc(C)c2C#N)OC(N)=C(C#N)[C@H]1c1ccc(Br)cc1. The second-order valence-electron chi connectivity index (χ2n) is 7.19. The number of nitrogens with two attached hydrogens (primary N) is 1. The molecule has 1 atom stereocenters. The number of halogens is 1. The standard InChI is InChI=1S/C24H21BrN4O3S/c1-4-31-24(30)21-19(12-33-23-17(10-26)13(2)9-14(3)29-23)32-22(28)18(11-27)20(21)15-5-7-16(25)8-6-15/h5-9,20H,4,12,28H2,1-3H3/t20-/m1/s1. The van der Waals surface area contributed by atoms with E-state index in [4.69, 9.17) is 15.2 Å². The van der Waals surface area contributed by atoms with Gasteiger partial charge in [-0.25, -0.2) is 9.78 Å². The van der Waals surface area contributed by atoms with Crippen LogP contribution in [0.5, 0.6) is 0 Å². The van der Waals surface area contributed by atoms with Gasteiger partial charge in [0.15, 0.2) is 0 Å². The third-order valence-corrected chi connectivity index (χ3v) is 6.46. The van der Waals surface area contributed by atoms with Crippen LogP contribution < -0.4 is 5.73 Å². The molecule has 9 heteroatoms. The lowest BCUT2D eigenvalue weighted by Gasteiger charge is -2.28. The number of pyridine rings is 1. The van der Waals surface area contributed by atoms with Gasteiger partial charge >= 0.3 is 5.97 Å². The molecule has 0 unspecified atom stereocenters. The van der Waals surface area contributed by atoms with Crippen LogP contribution in [0.15, 0.2) is 62.6 Å². The summed E-state index contributed by atoms with van der Waals surface area (Å²) in [5.74, 6) is -0.953. The first-order valence-corrected chi connectivity index (χ1v) is 11.8. The number of allylic oxidation sites excluding steroid dienone is 1. The van der Waals surface area contributed by atoms with E-state index in [0.717, 1.165) is 15.7 Å². The van der Waals surface area contributed by atoms with E-state index < -0.39 is 11.9 Å². The van der Waals surface area contributed by atoms with Gasteiger partial charge in [0, 0.05) is 10.2 Å². The fraction of sp³-hybridized carbons (Fsp3) is 0.250. The molecule has 2 aromatic rings. The summed E-state index contributed by atoms with van der Waals surface area (Å²) < 4.78 is 11.9. The van der Waals surface area contributed by atoms with Crippen molar-refractivity contribution in [3.63, 3.8) is 0 Å². The monoisotopic (exact) mass is 524 g/mol. The molecule has 0 fully saturated rings. The number of carbonyl (C=O) groups excluding carboxylic acids is 1. The van der Waals surface area contributed by atoms with E-state index in [1.54, 1.807) is 6.92 Å². The van der Waals surface area contributed by atoms with Crippen molar-refractivity contribution in [3.05, 3.63) is 80.0 Å². The Kier molecular flexibility index (Phi) is 7.80. The molecular weight excluding hydrogens is 504 g/mol.